The Morgan fingerprint density at radius 1 is 1.25 bits per heavy atom. The number of nitrogens with one attached hydrogen (secondary N) is 2. The maximum Gasteiger partial charge on any atom is 0.242 e. The van der Waals surface area contributed by atoms with Crippen molar-refractivity contribution in [2.24, 2.45) is 5.92 Å². The second kappa shape index (κ2) is 8.31. The summed E-state index contributed by atoms with van der Waals surface area (Å²) in [5.74, 6) is -0.0545. The number of carbonyl (C=O) groups is 1. The summed E-state index contributed by atoms with van der Waals surface area (Å²) < 4.78 is 15.9. The minimum atomic E-state index is -0.877. The van der Waals surface area contributed by atoms with Crippen molar-refractivity contribution in [2.75, 3.05) is 26.6 Å². The van der Waals surface area contributed by atoms with E-state index in [4.69, 9.17) is 14.2 Å². The normalized spacial score (nSPS) is 11.5. The highest BCUT2D eigenvalue weighted by Crippen LogP contribution is 2.40. The zero-order valence-electron chi connectivity index (χ0n) is 15.8. The lowest BCUT2D eigenvalue weighted by molar-refractivity contribution is -0.118. The van der Waals surface area contributed by atoms with Gasteiger partial charge < -0.3 is 24.5 Å². The Kier molecular flexibility index (Phi) is 5.65. The van der Waals surface area contributed by atoms with Crippen LogP contribution in [0, 0.1) is 17.2 Å². The molecule has 3 rings (SSSR count). The van der Waals surface area contributed by atoms with Gasteiger partial charge in [0.1, 0.15) is 11.6 Å². The summed E-state index contributed by atoms with van der Waals surface area (Å²) >= 11 is 0. The summed E-state index contributed by atoms with van der Waals surface area (Å²) in [6, 6.07) is 9.02. The van der Waals surface area contributed by atoms with Crippen molar-refractivity contribution < 1.29 is 19.0 Å². The van der Waals surface area contributed by atoms with Gasteiger partial charge in [0.05, 0.1) is 27.4 Å². The number of aromatic nitrogens is 2. The van der Waals surface area contributed by atoms with Crippen LogP contribution in [0.2, 0.25) is 0 Å². The first-order valence-corrected chi connectivity index (χ1v) is 8.52. The molecule has 0 bridgehead atoms. The fourth-order valence-electron chi connectivity index (χ4n) is 2.98. The van der Waals surface area contributed by atoms with Crippen molar-refractivity contribution in [1.82, 2.24) is 9.97 Å². The molecule has 1 aromatic carbocycles. The van der Waals surface area contributed by atoms with Crippen molar-refractivity contribution in [3.05, 3.63) is 42.2 Å². The summed E-state index contributed by atoms with van der Waals surface area (Å²) in [7, 11) is 4.48. The first-order chi connectivity index (χ1) is 13.6. The fourth-order valence-corrected chi connectivity index (χ4v) is 2.98. The number of ether oxygens (including phenoxy) is 3. The van der Waals surface area contributed by atoms with E-state index in [1.165, 1.54) is 21.3 Å². The number of nitriles is 1. The van der Waals surface area contributed by atoms with Crippen LogP contribution in [0.15, 0.2) is 36.7 Å². The number of amides is 1. The van der Waals surface area contributed by atoms with Gasteiger partial charge in [0.15, 0.2) is 11.5 Å². The number of pyridine rings is 1. The molecule has 0 radical (unpaired) electrons. The predicted octanol–water partition coefficient (Wildman–Crippen LogP) is 2.91. The Morgan fingerprint density at radius 2 is 1.96 bits per heavy atom. The van der Waals surface area contributed by atoms with E-state index in [1.54, 1.807) is 24.5 Å². The van der Waals surface area contributed by atoms with Crippen LogP contribution in [0.4, 0.5) is 5.69 Å². The number of methoxy groups -OCH3 is 3. The molecule has 0 aliphatic rings. The van der Waals surface area contributed by atoms with Gasteiger partial charge in [-0.1, -0.05) is 0 Å². The van der Waals surface area contributed by atoms with Crippen LogP contribution >= 0.6 is 0 Å². The number of hydrogen-bond donors (Lipinski definition) is 2. The topological polar surface area (TPSA) is 109 Å². The largest absolute Gasteiger partial charge is 0.493 e. The van der Waals surface area contributed by atoms with Crippen molar-refractivity contribution in [1.29, 1.82) is 5.26 Å². The summed E-state index contributed by atoms with van der Waals surface area (Å²) in [4.78, 5) is 20.0. The first kappa shape index (κ1) is 19.0. The van der Waals surface area contributed by atoms with E-state index in [-0.39, 0.29) is 6.42 Å². The summed E-state index contributed by atoms with van der Waals surface area (Å²) in [5, 5.41) is 13.2. The Labute approximate surface area is 162 Å². The monoisotopic (exact) mass is 380 g/mol. The number of anilines is 1. The van der Waals surface area contributed by atoms with Crippen LogP contribution in [0.3, 0.4) is 0 Å². The van der Waals surface area contributed by atoms with Gasteiger partial charge in [0, 0.05) is 35.6 Å². The standard InChI is InChI=1S/C20H20N4O4/c1-26-16-8-14(9-17(27-2)18(16)28-3)24-20(25)12(10-21)7-13-11-23-19-15(13)5-4-6-22-19/h4-6,8-9,11-12H,7H2,1-3H3,(H,22,23)(H,24,25)/t12-/m1/s1. The molecule has 2 heterocycles. The minimum Gasteiger partial charge on any atom is -0.493 e. The molecule has 1 atom stereocenters. The zero-order chi connectivity index (χ0) is 20.1. The lowest BCUT2D eigenvalue weighted by Crippen LogP contribution is -2.23. The maximum atomic E-state index is 12.7. The maximum absolute atomic E-state index is 12.7. The van der Waals surface area contributed by atoms with Crippen molar-refractivity contribution in [3.63, 3.8) is 0 Å². The molecule has 0 fully saturated rings. The van der Waals surface area contributed by atoms with E-state index in [9.17, 15) is 10.1 Å². The van der Waals surface area contributed by atoms with Gasteiger partial charge in [-0.05, 0) is 24.1 Å². The van der Waals surface area contributed by atoms with Crippen molar-refractivity contribution in [3.8, 4) is 23.3 Å². The molecule has 0 saturated heterocycles. The number of aromatic amines is 1. The van der Waals surface area contributed by atoms with Crippen LogP contribution in [0.25, 0.3) is 11.0 Å². The molecule has 8 nitrogen and oxygen atoms in total. The van der Waals surface area contributed by atoms with Crippen molar-refractivity contribution >= 4 is 22.6 Å². The summed E-state index contributed by atoms with van der Waals surface area (Å²) in [6.45, 7) is 0. The summed E-state index contributed by atoms with van der Waals surface area (Å²) in [6.07, 6.45) is 3.72. The molecule has 144 valence electrons. The Morgan fingerprint density at radius 3 is 2.57 bits per heavy atom. The Balaban J connectivity index is 1.82. The SMILES string of the molecule is COc1cc(NC(=O)[C@@H](C#N)Cc2c[nH]c3ncccc23)cc(OC)c1OC. The molecule has 2 aromatic heterocycles. The van der Waals surface area contributed by atoms with Crippen LogP contribution in [0.1, 0.15) is 5.56 Å². The molecule has 0 saturated carbocycles. The first-order valence-electron chi connectivity index (χ1n) is 8.52. The quantitative estimate of drug-likeness (QED) is 0.652. The Bertz CT molecular complexity index is 1010. The third-order valence-corrected chi connectivity index (χ3v) is 4.37. The molecule has 0 aliphatic carbocycles. The van der Waals surface area contributed by atoms with Gasteiger partial charge in [-0.15, -0.1) is 0 Å². The highest BCUT2D eigenvalue weighted by Gasteiger charge is 2.22. The summed E-state index contributed by atoms with van der Waals surface area (Å²) in [5.41, 5.74) is 2.02. The molecule has 8 heteroatoms. The lowest BCUT2D eigenvalue weighted by atomic mass is 10.00. The van der Waals surface area contributed by atoms with Crippen LogP contribution < -0.4 is 19.5 Å². The van der Waals surface area contributed by atoms with E-state index in [1.807, 2.05) is 12.1 Å². The van der Waals surface area contributed by atoms with E-state index < -0.39 is 11.8 Å². The molecular formula is C20H20N4O4. The van der Waals surface area contributed by atoms with Gasteiger partial charge >= 0.3 is 0 Å². The Hall–Kier alpha value is -3.73. The lowest BCUT2D eigenvalue weighted by Gasteiger charge is -2.15. The van der Waals surface area contributed by atoms with E-state index in [0.717, 1.165) is 16.6 Å². The van der Waals surface area contributed by atoms with Crippen LogP contribution in [-0.2, 0) is 11.2 Å². The molecule has 0 aliphatic heterocycles. The van der Waals surface area contributed by atoms with E-state index in [2.05, 4.69) is 21.4 Å². The second-order valence-electron chi connectivity index (χ2n) is 6.00. The molecule has 0 unspecified atom stereocenters. The van der Waals surface area contributed by atoms with Crippen LogP contribution in [0.5, 0.6) is 17.2 Å². The molecule has 28 heavy (non-hydrogen) atoms. The molecular weight excluding hydrogens is 360 g/mol. The fraction of sp³-hybridized carbons (Fsp3) is 0.250. The van der Waals surface area contributed by atoms with Gasteiger partial charge in [-0.3, -0.25) is 4.79 Å². The van der Waals surface area contributed by atoms with Gasteiger partial charge in [-0.25, -0.2) is 4.98 Å². The molecule has 0 spiro atoms. The zero-order valence-corrected chi connectivity index (χ0v) is 15.8. The smallest absolute Gasteiger partial charge is 0.242 e. The molecule has 1 amide bonds. The number of fused-ring (bicyclic) bond motifs is 1. The second-order valence-corrected chi connectivity index (χ2v) is 6.00. The van der Waals surface area contributed by atoms with Gasteiger partial charge in [0.2, 0.25) is 11.7 Å². The highest BCUT2D eigenvalue weighted by atomic mass is 16.5. The number of carbonyl (C=O) groups excluding carboxylic acids is 1. The number of benzene rings is 1. The molecule has 2 N–H and O–H groups in total. The third-order valence-electron chi connectivity index (χ3n) is 4.37. The average molecular weight is 380 g/mol. The van der Waals surface area contributed by atoms with E-state index in [0.29, 0.717) is 22.9 Å². The predicted molar refractivity (Wildman–Crippen MR) is 104 cm³/mol. The van der Waals surface area contributed by atoms with Gasteiger partial charge in [-0.2, -0.15) is 5.26 Å². The number of hydrogen-bond acceptors (Lipinski definition) is 6. The highest BCUT2D eigenvalue weighted by molar-refractivity contribution is 5.95. The average Bonchev–Trinajstić information content (AvgIpc) is 3.13. The number of rotatable bonds is 7. The van der Waals surface area contributed by atoms with Crippen LogP contribution in [-0.4, -0.2) is 37.2 Å². The van der Waals surface area contributed by atoms with E-state index >= 15 is 0 Å². The number of nitrogens with zero attached hydrogens (tertiary/aromatic N) is 2. The van der Waals surface area contributed by atoms with Gasteiger partial charge in [0.25, 0.3) is 0 Å². The third kappa shape index (κ3) is 3.69. The number of H-pyrrole nitrogens is 1. The van der Waals surface area contributed by atoms with Crippen molar-refractivity contribution in [2.45, 2.75) is 6.42 Å². The molecule has 3 aromatic rings. The minimum absolute atomic E-state index is 0.262.